The molecule has 4 heteroatoms. The number of carbonyl (C=O) groups is 1. The first-order chi connectivity index (χ1) is 20.1. The second-order valence-corrected chi connectivity index (χ2v) is 11.5. The second kappa shape index (κ2) is 16.0. The normalized spacial score (nSPS) is 16.6. The molecule has 4 nitrogen and oxygen atoms in total. The number of ether oxygens (including phenoxy) is 2. The summed E-state index contributed by atoms with van der Waals surface area (Å²) in [7, 11) is 0. The summed E-state index contributed by atoms with van der Waals surface area (Å²) in [4.78, 5) is 12.9. The van der Waals surface area contributed by atoms with E-state index in [4.69, 9.17) is 9.47 Å². The molecule has 0 atom stereocenters. The third-order valence-electron chi connectivity index (χ3n) is 8.43. The van der Waals surface area contributed by atoms with Gasteiger partial charge in [-0.15, -0.1) is 0 Å². The first-order valence-corrected chi connectivity index (χ1v) is 15.7. The van der Waals surface area contributed by atoms with Crippen LogP contribution >= 0.6 is 0 Å². The van der Waals surface area contributed by atoms with Crippen LogP contribution in [0.15, 0.2) is 66.7 Å². The van der Waals surface area contributed by atoms with E-state index >= 15 is 0 Å². The lowest BCUT2D eigenvalue weighted by atomic mass is 9.76. The molecule has 0 amide bonds. The summed E-state index contributed by atoms with van der Waals surface area (Å²) in [6, 6.07) is 23.4. The smallest absolute Gasteiger partial charge is 0.343 e. The fourth-order valence-electron chi connectivity index (χ4n) is 5.93. The van der Waals surface area contributed by atoms with Crippen molar-refractivity contribution in [3.63, 3.8) is 0 Å². The Morgan fingerprint density at radius 1 is 0.780 bits per heavy atom. The van der Waals surface area contributed by atoms with Crippen molar-refractivity contribution >= 4 is 5.97 Å². The topological polar surface area (TPSA) is 59.3 Å². The van der Waals surface area contributed by atoms with Crippen LogP contribution < -0.4 is 9.47 Å². The van der Waals surface area contributed by atoms with Crippen LogP contribution in [0.2, 0.25) is 0 Å². The predicted octanol–water partition coefficient (Wildman–Crippen LogP) is 10.3. The summed E-state index contributed by atoms with van der Waals surface area (Å²) in [6.07, 6.45) is 14.7. The average Bonchev–Trinajstić information content (AvgIpc) is 3.02. The molecule has 0 radical (unpaired) electrons. The van der Waals surface area contributed by atoms with Crippen molar-refractivity contribution < 1.29 is 14.3 Å². The number of nitrogens with zero attached hydrogens (tertiary/aromatic N) is 1. The Morgan fingerprint density at radius 2 is 1.41 bits per heavy atom. The molecule has 0 spiro atoms. The highest BCUT2D eigenvalue weighted by molar-refractivity contribution is 5.91. The van der Waals surface area contributed by atoms with Gasteiger partial charge in [0.25, 0.3) is 0 Å². The summed E-state index contributed by atoms with van der Waals surface area (Å²) in [5.41, 5.74) is 4.19. The van der Waals surface area contributed by atoms with E-state index in [-0.39, 0.29) is 0 Å². The first-order valence-electron chi connectivity index (χ1n) is 15.7. The Bertz CT molecular complexity index is 1270. The number of esters is 1. The molecule has 4 rings (SSSR count). The first kappa shape index (κ1) is 30.4. The maximum absolute atomic E-state index is 12.9. The summed E-state index contributed by atoms with van der Waals surface area (Å²) < 4.78 is 11.5. The standard InChI is InChI=1S/C37H45NO3/c1-3-5-7-9-25-40-34-20-15-29(16-21-34)30-17-22-35(23-18-30)41-37(39)32-19-24-36(33(26-32)27-38)31-13-11-28(12-14-31)10-8-6-4-2/h15-24,26,28,31H,3-14,25H2,1-2H3. The highest BCUT2D eigenvalue weighted by Gasteiger charge is 2.24. The Labute approximate surface area is 246 Å². The van der Waals surface area contributed by atoms with E-state index in [2.05, 4.69) is 19.9 Å². The van der Waals surface area contributed by atoms with Gasteiger partial charge in [0.2, 0.25) is 0 Å². The highest BCUT2D eigenvalue weighted by atomic mass is 16.5. The Balaban J connectivity index is 1.31. The molecule has 1 aliphatic rings. The molecule has 41 heavy (non-hydrogen) atoms. The predicted molar refractivity (Wildman–Crippen MR) is 166 cm³/mol. The van der Waals surface area contributed by atoms with E-state index in [9.17, 15) is 10.1 Å². The number of nitriles is 1. The summed E-state index contributed by atoms with van der Waals surface area (Å²) in [6.45, 7) is 5.21. The third kappa shape index (κ3) is 8.95. The van der Waals surface area contributed by atoms with E-state index < -0.39 is 5.97 Å². The Morgan fingerprint density at radius 3 is 2.05 bits per heavy atom. The van der Waals surface area contributed by atoms with Crippen LogP contribution in [-0.2, 0) is 0 Å². The molecule has 0 bridgehead atoms. The minimum atomic E-state index is -0.444. The van der Waals surface area contributed by atoms with Crippen molar-refractivity contribution in [1.29, 1.82) is 5.26 Å². The van der Waals surface area contributed by atoms with Crippen LogP contribution in [0.5, 0.6) is 11.5 Å². The molecular weight excluding hydrogens is 506 g/mol. The van der Waals surface area contributed by atoms with E-state index in [1.807, 2.05) is 60.7 Å². The third-order valence-corrected chi connectivity index (χ3v) is 8.43. The van der Waals surface area contributed by atoms with Crippen molar-refractivity contribution in [2.75, 3.05) is 6.61 Å². The summed E-state index contributed by atoms with van der Waals surface area (Å²) in [5.74, 6) is 2.14. The molecule has 0 unspecified atom stereocenters. The van der Waals surface area contributed by atoms with Gasteiger partial charge in [-0.25, -0.2) is 4.79 Å². The number of carbonyl (C=O) groups excluding carboxylic acids is 1. The van der Waals surface area contributed by atoms with E-state index in [1.54, 1.807) is 6.07 Å². The minimum Gasteiger partial charge on any atom is -0.494 e. The fraction of sp³-hybridized carbons (Fsp3) is 0.459. The molecule has 3 aromatic carbocycles. The quantitative estimate of drug-likeness (QED) is 0.114. The lowest BCUT2D eigenvalue weighted by Crippen LogP contribution is -2.15. The SMILES string of the molecule is CCCCCCOc1ccc(-c2ccc(OC(=O)c3ccc(C4CCC(CCCCC)CC4)c(C#N)c3)cc2)cc1. The van der Waals surface area contributed by atoms with E-state index in [0.717, 1.165) is 54.2 Å². The van der Waals surface area contributed by atoms with Crippen LogP contribution in [-0.4, -0.2) is 12.6 Å². The van der Waals surface area contributed by atoms with Gasteiger partial charge in [-0.05, 0) is 97.0 Å². The molecule has 1 fully saturated rings. The zero-order chi connectivity index (χ0) is 28.9. The van der Waals surface area contributed by atoms with Gasteiger partial charge in [-0.1, -0.05) is 89.1 Å². The van der Waals surface area contributed by atoms with Gasteiger partial charge >= 0.3 is 5.97 Å². The van der Waals surface area contributed by atoms with Gasteiger partial charge in [-0.2, -0.15) is 5.26 Å². The van der Waals surface area contributed by atoms with Crippen LogP contribution in [0.4, 0.5) is 0 Å². The largest absolute Gasteiger partial charge is 0.494 e. The molecule has 0 saturated heterocycles. The Kier molecular flexibility index (Phi) is 11.9. The molecule has 0 heterocycles. The van der Waals surface area contributed by atoms with Crippen molar-refractivity contribution in [1.82, 2.24) is 0 Å². The summed E-state index contributed by atoms with van der Waals surface area (Å²) >= 11 is 0. The zero-order valence-electron chi connectivity index (χ0n) is 24.9. The fourth-order valence-corrected chi connectivity index (χ4v) is 5.93. The number of hydrogen-bond donors (Lipinski definition) is 0. The van der Waals surface area contributed by atoms with Gasteiger partial charge in [0.1, 0.15) is 11.5 Å². The van der Waals surface area contributed by atoms with E-state index in [1.165, 1.54) is 57.8 Å². The van der Waals surface area contributed by atoms with Crippen molar-refractivity contribution in [3.05, 3.63) is 83.4 Å². The second-order valence-electron chi connectivity index (χ2n) is 11.5. The maximum Gasteiger partial charge on any atom is 0.343 e. The summed E-state index contributed by atoms with van der Waals surface area (Å²) in [5, 5.41) is 9.86. The molecule has 0 aromatic heterocycles. The van der Waals surface area contributed by atoms with Gasteiger partial charge in [0.15, 0.2) is 0 Å². The molecule has 3 aromatic rings. The number of unbranched alkanes of at least 4 members (excludes halogenated alkanes) is 5. The molecule has 1 saturated carbocycles. The molecule has 1 aliphatic carbocycles. The van der Waals surface area contributed by atoms with Crippen molar-refractivity contribution in [2.24, 2.45) is 5.92 Å². The van der Waals surface area contributed by atoms with E-state index in [0.29, 0.717) is 22.8 Å². The van der Waals surface area contributed by atoms with Crippen LogP contribution in [0.1, 0.15) is 118 Å². The molecule has 216 valence electrons. The number of rotatable bonds is 14. The van der Waals surface area contributed by atoms with Gasteiger partial charge < -0.3 is 9.47 Å². The molecular formula is C37H45NO3. The monoisotopic (exact) mass is 551 g/mol. The number of hydrogen-bond acceptors (Lipinski definition) is 4. The Hall–Kier alpha value is -3.58. The van der Waals surface area contributed by atoms with Gasteiger partial charge in [0.05, 0.1) is 23.8 Å². The van der Waals surface area contributed by atoms with Gasteiger partial charge in [0, 0.05) is 0 Å². The minimum absolute atomic E-state index is 0.399. The highest BCUT2D eigenvalue weighted by Crippen LogP contribution is 2.39. The zero-order valence-corrected chi connectivity index (χ0v) is 24.9. The van der Waals surface area contributed by atoms with Crippen molar-refractivity contribution in [2.45, 2.75) is 96.8 Å². The van der Waals surface area contributed by atoms with Crippen LogP contribution in [0.25, 0.3) is 11.1 Å². The lowest BCUT2D eigenvalue weighted by molar-refractivity contribution is 0.0734. The number of benzene rings is 3. The molecule has 0 N–H and O–H groups in total. The van der Waals surface area contributed by atoms with Crippen LogP contribution in [0, 0.1) is 17.2 Å². The van der Waals surface area contributed by atoms with Crippen molar-refractivity contribution in [3.8, 4) is 28.7 Å². The van der Waals surface area contributed by atoms with Gasteiger partial charge in [-0.3, -0.25) is 0 Å². The average molecular weight is 552 g/mol. The van der Waals surface area contributed by atoms with Crippen LogP contribution in [0.3, 0.4) is 0 Å². The maximum atomic E-state index is 12.9. The molecule has 0 aliphatic heterocycles. The lowest BCUT2D eigenvalue weighted by Gasteiger charge is -2.29.